The summed E-state index contributed by atoms with van der Waals surface area (Å²) in [5.41, 5.74) is 0. The van der Waals surface area contributed by atoms with E-state index in [1.807, 2.05) is 6.92 Å². The Morgan fingerprint density at radius 1 is 1.31 bits per heavy atom. The fraction of sp³-hybridized carbons (Fsp3) is 0.500. The van der Waals surface area contributed by atoms with Gasteiger partial charge in [0.2, 0.25) is 0 Å². The molecule has 0 radical (unpaired) electrons. The van der Waals surface area contributed by atoms with Crippen LogP contribution in [0.3, 0.4) is 0 Å². The largest absolute Gasteiger partial charge is 0.298 e. The maximum Gasteiger partial charge on any atom is 0.174 e. The molecule has 0 spiro atoms. The van der Waals surface area contributed by atoms with Crippen LogP contribution in [0.2, 0.25) is 0 Å². The average Bonchev–Trinajstić information content (AvgIpc) is 2.42. The van der Waals surface area contributed by atoms with Crippen LogP contribution in [0.4, 0.5) is 0 Å². The van der Waals surface area contributed by atoms with Crippen LogP contribution in [0.25, 0.3) is 0 Å². The summed E-state index contributed by atoms with van der Waals surface area (Å²) in [6.45, 7) is 1.96. The van der Waals surface area contributed by atoms with Crippen LogP contribution in [0, 0.1) is 5.92 Å². The molecular weight excluding hydrogens is 168 g/mol. The Balaban J connectivity index is 2.57. The van der Waals surface area contributed by atoms with Crippen LogP contribution in [0.5, 0.6) is 0 Å². The van der Waals surface area contributed by atoms with Crippen LogP contribution >= 0.6 is 0 Å². The van der Waals surface area contributed by atoms with Crippen molar-refractivity contribution in [3.63, 3.8) is 0 Å². The first-order valence-corrected chi connectivity index (χ1v) is 4.45. The number of carbonyl (C=O) groups excluding carboxylic acids is 3. The van der Waals surface area contributed by atoms with E-state index in [1.165, 1.54) is 12.2 Å². The summed E-state index contributed by atoms with van der Waals surface area (Å²) in [6.07, 6.45) is 4.36. The lowest BCUT2D eigenvalue weighted by Gasteiger charge is -2.03. The molecule has 1 aliphatic rings. The molecule has 0 bridgehead atoms. The van der Waals surface area contributed by atoms with Gasteiger partial charge in [0.15, 0.2) is 17.3 Å². The third-order valence-electron chi connectivity index (χ3n) is 2.08. The number of hydrogen-bond donors (Lipinski definition) is 0. The van der Waals surface area contributed by atoms with E-state index in [2.05, 4.69) is 0 Å². The Morgan fingerprint density at radius 3 is 2.31 bits per heavy atom. The van der Waals surface area contributed by atoms with Crippen molar-refractivity contribution in [3.05, 3.63) is 12.2 Å². The van der Waals surface area contributed by atoms with Gasteiger partial charge >= 0.3 is 0 Å². The quantitative estimate of drug-likeness (QED) is 0.608. The second-order valence-electron chi connectivity index (χ2n) is 3.14. The van der Waals surface area contributed by atoms with Crippen LogP contribution < -0.4 is 0 Å². The molecule has 0 fully saturated rings. The Hall–Kier alpha value is -1.25. The predicted octanol–water partition coefficient (Wildman–Crippen LogP) is 1.07. The van der Waals surface area contributed by atoms with Crippen molar-refractivity contribution >= 4 is 17.3 Å². The molecular formula is C10H12O3. The van der Waals surface area contributed by atoms with E-state index >= 15 is 0 Å². The zero-order valence-corrected chi connectivity index (χ0v) is 7.58. The summed E-state index contributed by atoms with van der Waals surface area (Å²) in [7, 11) is 0. The second kappa shape index (κ2) is 4.12. The molecule has 1 rings (SSSR count). The average molecular weight is 180 g/mol. The molecule has 3 heteroatoms. The van der Waals surface area contributed by atoms with E-state index in [-0.39, 0.29) is 17.3 Å². The first-order valence-electron chi connectivity index (χ1n) is 4.45. The lowest BCUT2D eigenvalue weighted by molar-refractivity contribution is -0.135. The van der Waals surface area contributed by atoms with Crippen LogP contribution in [-0.2, 0) is 14.4 Å². The SMILES string of the molecule is CCCCC(=O)C1C(=O)C=CC1=O. The molecule has 0 aromatic heterocycles. The van der Waals surface area contributed by atoms with Gasteiger partial charge in [-0.3, -0.25) is 14.4 Å². The Kier molecular flexibility index (Phi) is 3.12. The van der Waals surface area contributed by atoms with E-state index in [9.17, 15) is 14.4 Å². The number of unbranched alkanes of at least 4 members (excludes halogenated alkanes) is 1. The van der Waals surface area contributed by atoms with E-state index < -0.39 is 5.92 Å². The number of hydrogen-bond acceptors (Lipinski definition) is 3. The summed E-state index contributed by atoms with van der Waals surface area (Å²) < 4.78 is 0. The van der Waals surface area contributed by atoms with Crippen LogP contribution in [-0.4, -0.2) is 17.3 Å². The van der Waals surface area contributed by atoms with Gasteiger partial charge in [0.1, 0.15) is 5.92 Å². The molecule has 0 N–H and O–H groups in total. The molecule has 0 atom stereocenters. The first kappa shape index (κ1) is 9.84. The maximum absolute atomic E-state index is 11.3. The highest BCUT2D eigenvalue weighted by Gasteiger charge is 2.33. The van der Waals surface area contributed by atoms with Crippen molar-refractivity contribution in [1.29, 1.82) is 0 Å². The van der Waals surface area contributed by atoms with Crippen molar-refractivity contribution in [2.45, 2.75) is 26.2 Å². The third kappa shape index (κ3) is 2.11. The van der Waals surface area contributed by atoms with Gasteiger partial charge in [0.25, 0.3) is 0 Å². The van der Waals surface area contributed by atoms with Gasteiger partial charge in [0.05, 0.1) is 0 Å². The van der Waals surface area contributed by atoms with Gasteiger partial charge in [-0.25, -0.2) is 0 Å². The minimum Gasteiger partial charge on any atom is -0.298 e. The molecule has 0 unspecified atom stereocenters. The summed E-state index contributed by atoms with van der Waals surface area (Å²) in [5, 5.41) is 0. The number of allylic oxidation sites excluding steroid dienone is 2. The third-order valence-corrected chi connectivity index (χ3v) is 2.08. The second-order valence-corrected chi connectivity index (χ2v) is 3.14. The highest BCUT2D eigenvalue weighted by atomic mass is 16.2. The molecule has 0 aliphatic heterocycles. The number of ketones is 3. The molecule has 0 saturated heterocycles. The Labute approximate surface area is 76.8 Å². The van der Waals surface area contributed by atoms with Crippen molar-refractivity contribution in [1.82, 2.24) is 0 Å². The van der Waals surface area contributed by atoms with Crippen molar-refractivity contribution in [2.75, 3.05) is 0 Å². The molecule has 70 valence electrons. The van der Waals surface area contributed by atoms with E-state index in [4.69, 9.17) is 0 Å². The van der Waals surface area contributed by atoms with Gasteiger partial charge in [-0.15, -0.1) is 0 Å². The van der Waals surface area contributed by atoms with Gasteiger partial charge in [0, 0.05) is 6.42 Å². The van der Waals surface area contributed by atoms with E-state index in [0.717, 1.165) is 12.8 Å². The maximum atomic E-state index is 11.3. The standard InChI is InChI=1S/C10H12O3/c1-2-3-4-7(11)10-8(12)5-6-9(10)13/h5-6,10H,2-4H2,1H3. The van der Waals surface area contributed by atoms with Crippen molar-refractivity contribution in [2.24, 2.45) is 5.92 Å². The van der Waals surface area contributed by atoms with Crippen LogP contribution in [0.1, 0.15) is 26.2 Å². The Morgan fingerprint density at radius 2 is 1.85 bits per heavy atom. The lowest BCUT2D eigenvalue weighted by Crippen LogP contribution is -2.25. The normalized spacial score (nSPS) is 17.0. The van der Waals surface area contributed by atoms with Crippen molar-refractivity contribution < 1.29 is 14.4 Å². The van der Waals surface area contributed by atoms with Gasteiger partial charge in [-0.2, -0.15) is 0 Å². The number of Topliss-reactive ketones (excluding diaryl/α,β-unsaturated/α-hetero) is 1. The lowest BCUT2D eigenvalue weighted by atomic mass is 9.96. The van der Waals surface area contributed by atoms with Gasteiger partial charge in [-0.05, 0) is 18.6 Å². The number of carbonyl (C=O) groups is 3. The molecule has 0 saturated carbocycles. The summed E-state index contributed by atoms with van der Waals surface area (Å²) >= 11 is 0. The minimum absolute atomic E-state index is 0.234. The highest BCUT2D eigenvalue weighted by Crippen LogP contribution is 2.14. The van der Waals surface area contributed by atoms with Gasteiger partial charge < -0.3 is 0 Å². The smallest absolute Gasteiger partial charge is 0.174 e. The Bertz CT molecular complexity index is 258. The van der Waals surface area contributed by atoms with E-state index in [0.29, 0.717) is 6.42 Å². The van der Waals surface area contributed by atoms with Gasteiger partial charge in [-0.1, -0.05) is 13.3 Å². The molecule has 3 nitrogen and oxygen atoms in total. The van der Waals surface area contributed by atoms with Crippen LogP contribution in [0.15, 0.2) is 12.2 Å². The van der Waals surface area contributed by atoms with E-state index in [1.54, 1.807) is 0 Å². The van der Waals surface area contributed by atoms with Crippen molar-refractivity contribution in [3.8, 4) is 0 Å². The summed E-state index contributed by atoms with van der Waals surface area (Å²) in [6, 6.07) is 0. The fourth-order valence-electron chi connectivity index (χ4n) is 1.31. The molecule has 0 aromatic rings. The minimum atomic E-state index is -1.01. The number of rotatable bonds is 4. The molecule has 0 amide bonds. The molecule has 1 aliphatic carbocycles. The molecule has 0 heterocycles. The topological polar surface area (TPSA) is 51.2 Å². The predicted molar refractivity (Wildman–Crippen MR) is 47.2 cm³/mol. The zero-order chi connectivity index (χ0) is 9.84. The highest BCUT2D eigenvalue weighted by molar-refractivity contribution is 6.30. The fourth-order valence-corrected chi connectivity index (χ4v) is 1.31. The molecule has 13 heavy (non-hydrogen) atoms. The summed E-state index contributed by atoms with van der Waals surface area (Å²) in [5.74, 6) is -1.95. The first-order chi connectivity index (χ1) is 6.16. The monoisotopic (exact) mass is 180 g/mol. The summed E-state index contributed by atoms with van der Waals surface area (Å²) in [4.78, 5) is 33.5. The zero-order valence-electron chi connectivity index (χ0n) is 7.58. The molecule has 0 aromatic carbocycles.